The van der Waals surface area contributed by atoms with E-state index < -0.39 is 0 Å². The zero-order valence-corrected chi connectivity index (χ0v) is 19.2. The molecule has 36 heavy (non-hydrogen) atoms. The van der Waals surface area contributed by atoms with E-state index in [0.29, 0.717) is 0 Å². The van der Waals surface area contributed by atoms with E-state index in [1.54, 1.807) is 18.6 Å². The van der Waals surface area contributed by atoms with Crippen LogP contribution in [0.2, 0.25) is 0 Å². The maximum atomic E-state index is 5.19. The Bertz CT molecular complexity index is 2080. The summed E-state index contributed by atoms with van der Waals surface area (Å²) in [6, 6.07) is 32.3. The van der Waals surface area contributed by atoms with E-state index in [-0.39, 0.29) is 0 Å². The normalized spacial score (nSPS) is 11.9. The molecule has 166 valence electrons. The average molecular weight is 459 g/mol. The third-order valence-electron chi connectivity index (χ3n) is 7.15. The third-order valence-corrected chi connectivity index (χ3v) is 7.15. The van der Waals surface area contributed by atoms with Crippen LogP contribution in [0.5, 0.6) is 0 Å². The standard InChI is InChI=1S/C32H18N4/c1-2-19-4-5-21-8-12-24(25-13-9-20(3-1)29(19)30(21)25)26-14-10-22-6-7-23-11-15-27(28-18-33-16-17-34-28)36-32(23)31(22)35-26/h1-18H. The molecule has 0 atom stereocenters. The van der Waals surface area contributed by atoms with Crippen LogP contribution in [0.3, 0.4) is 0 Å². The van der Waals surface area contributed by atoms with Crippen molar-refractivity contribution in [3.63, 3.8) is 0 Å². The molecule has 3 aromatic heterocycles. The van der Waals surface area contributed by atoms with Crippen molar-refractivity contribution in [2.75, 3.05) is 0 Å². The van der Waals surface area contributed by atoms with Crippen LogP contribution in [0, 0.1) is 0 Å². The number of nitrogens with zero attached hydrogens (tertiary/aromatic N) is 4. The van der Waals surface area contributed by atoms with Crippen molar-refractivity contribution in [2.45, 2.75) is 0 Å². The van der Waals surface area contributed by atoms with Crippen LogP contribution >= 0.6 is 0 Å². The van der Waals surface area contributed by atoms with Gasteiger partial charge in [-0.3, -0.25) is 9.97 Å². The zero-order chi connectivity index (χ0) is 23.6. The maximum absolute atomic E-state index is 5.19. The van der Waals surface area contributed by atoms with Gasteiger partial charge in [0.05, 0.1) is 28.6 Å². The summed E-state index contributed by atoms with van der Waals surface area (Å²) in [4.78, 5) is 18.8. The van der Waals surface area contributed by atoms with Gasteiger partial charge >= 0.3 is 0 Å². The quantitative estimate of drug-likeness (QED) is 0.248. The summed E-state index contributed by atoms with van der Waals surface area (Å²) in [5, 5.41) is 9.73. The predicted octanol–water partition coefficient (Wildman–Crippen LogP) is 7.80. The first-order chi connectivity index (χ1) is 17.8. The molecular formula is C32H18N4. The van der Waals surface area contributed by atoms with Gasteiger partial charge in [-0.15, -0.1) is 0 Å². The second-order valence-electron chi connectivity index (χ2n) is 9.16. The van der Waals surface area contributed by atoms with Gasteiger partial charge in [-0.2, -0.15) is 0 Å². The number of hydrogen-bond acceptors (Lipinski definition) is 4. The fourth-order valence-electron chi connectivity index (χ4n) is 5.45. The Hall–Kier alpha value is -4.96. The molecule has 8 rings (SSSR count). The summed E-state index contributed by atoms with van der Waals surface area (Å²) < 4.78 is 0. The van der Waals surface area contributed by atoms with Gasteiger partial charge in [-0.05, 0) is 44.5 Å². The highest BCUT2D eigenvalue weighted by Crippen LogP contribution is 2.39. The minimum Gasteiger partial charge on any atom is -0.261 e. The van der Waals surface area contributed by atoms with E-state index in [2.05, 4.69) is 94.9 Å². The third kappa shape index (κ3) is 2.75. The van der Waals surface area contributed by atoms with Crippen molar-refractivity contribution in [1.29, 1.82) is 0 Å². The van der Waals surface area contributed by atoms with Gasteiger partial charge in [-0.1, -0.05) is 78.9 Å². The summed E-state index contributed by atoms with van der Waals surface area (Å²) in [5.74, 6) is 0. The average Bonchev–Trinajstić information content (AvgIpc) is 2.95. The first-order valence-corrected chi connectivity index (χ1v) is 12.0. The van der Waals surface area contributed by atoms with E-state index in [1.165, 1.54) is 32.3 Å². The fraction of sp³-hybridized carbons (Fsp3) is 0. The molecule has 0 saturated heterocycles. The largest absolute Gasteiger partial charge is 0.261 e. The molecule has 0 aliphatic heterocycles. The van der Waals surface area contributed by atoms with E-state index in [9.17, 15) is 0 Å². The molecule has 0 amide bonds. The number of fused-ring (bicyclic) bond motifs is 3. The monoisotopic (exact) mass is 458 g/mol. The van der Waals surface area contributed by atoms with Crippen LogP contribution < -0.4 is 0 Å². The Labute approximate surface area is 206 Å². The van der Waals surface area contributed by atoms with E-state index in [0.717, 1.165) is 44.5 Å². The van der Waals surface area contributed by atoms with Crippen LogP contribution in [-0.4, -0.2) is 19.9 Å². The highest BCUT2D eigenvalue weighted by molar-refractivity contribution is 6.25. The van der Waals surface area contributed by atoms with Crippen molar-refractivity contribution in [1.82, 2.24) is 19.9 Å². The lowest BCUT2D eigenvalue weighted by Crippen LogP contribution is -1.93. The molecule has 0 radical (unpaired) electrons. The van der Waals surface area contributed by atoms with Crippen LogP contribution in [0.15, 0.2) is 110 Å². The molecule has 4 heteroatoms. The van der Waals surface area contributed by atoms with Gasteiger partial charge in [0.25, 0.3) is 0 Å². The number of pyridine rings is 2. The molecule has 0 saturated carbocycles. The lowest BCUT2D eigenvalue weighted by atomic mass is 9.91. The van der Waals surface area contributed by atoms with Gasteiger partial charge in [-0.25, -0.2) is 9.97 Å². The summed E-state index contributed by atoms with van der Waals surface area (Å²) in [6.07, 6.45) is 5.10. The summed E-state index contributed by atoms with van der Waals surface area (Å²) in [7, 11) is 0. The fourth-order valence-corrected chi connectivity index (χ4v) is 5.45. The number of aromatic nitrogens is 4. The van der Waals surface area contributed by atoms with Crippen LogP contribution in [0.1, 0.15) is 0 Å². The Kier molecular flexibility index (Phi) is 3.91. The highest BCUT2D eigenvalue weighted by atomic mass is 14.8. The van der Waals surface area contributed by atoms with Crippen molar-refractivity contribution >= 4 is 54.1 Å². The van der Waals surface area contributed by atoms with Crippen molar-refractivity contribution in [2.24, 2.45) is 0 Å². The van der Waals surface area contributed by atoms with E-state index in [1.807, 2.05) is 6.07 Å². The summed E-state index contributed by atoms with van der Waals surface area (Å²) >= 11 is 0. The van der Waals surface area contributed by atoms with Crippen LogP contribution in [0.4, 0.5) is 0 Å². The summed E-state index contributed by atoms with van der Waals surface area (Å²) in [6.45, 7) is 0. The molecule has 8 aromatic rings. The van der Waals surface area contributed by atoms with Crippen molar-refractivity contribution in [3.05, 3.63) is 110 Å². The predicted molar refractivity (Wildman–Crippen MR) is 147 cm³/mol. The lowest BCUT2D eigenvalue weighted by molar-refractivity contribution is 1.19. The molecule has 0 fully saturated rings. The van der Waals surface area contributed by atoms with E-state index >= 15 is 0 Å². The topological polar surface area (TPSA) is 51.6 Å². The number of hydrogen-bond donors (Lipinski definition) is 0. The number of benzene rings is 5. The molecule has 0 spiro atoms. The molecule has 0 aliphatic rings. The second kappa shape index (κ2) is 7.27. The van der Waals surface area contributed by atoms with Crippen molar-refractivity contribution < 1.29 is 0 Å². The lowest BCUT2D eigenvalue weighted by Gasteiger charge is -2.14. The number of rotatable bonds is 2. The Morgan fingerprint density at radius 3 is 1.81 bits per heavy atom. The van der Waals surface area contributed by atoms with Gasteiger partial charge in [0, 0.05) is 28.7 Å². The Morgan fingerprint density at radius 1 is 0.444 bits per heavy atom. The molecule has 0 aliphatic carbocycles. The van der Waals surface area contributed by atoms with E-state index in [4.69, 9.17) is 9.97 Å². The van der Waals surface area contributed by atoms with Crippen LogP contribution in [-0.2, 0) is 0 Å². The minimum absolute atomic E-state index is 0.749. The maximum Gasteiger partial charge on any atom is 0.107 e. The van der Waals surface area contributed by atoms with Gasteiger partial charge in [0.2, 0.25) is 0 Å². The SMILES string of the molecule is c1cc2ccc3ccc(-c4ccc5ccc6ccc(-c7cnccn7)nc6c5n4)c4ccc(c1)c2c34. The van der Waals surface area contributed by atoms with Crippen molar-refractivity contribution in [3.8, 4) is 22.6 Å². The van der Waals surface area contributed by atoms with Gasteiger partial charge in [0.15, 0.2) is 0 Å². The first-order valence-electron chi connectivity index (χ1n) is 12.0. The first kappa shape index (κ1) is 19.4. The molecule has 0 N–H and O–H groups in total. The molecule has 3 heterocycles. The van der Waals surface area contributed by atoms with Crippen LogP contribution in [0.25, 0.3) is 76.8 Å². The smallest absolute Gasteiger partial charge is 0.107 e. The Balaban J connectivity index is 1.41. The highest BCUT2D eigenvalue weighted by Gasteiger charge is 2.14. The molecule has 0 unspecified atom stereocenters. The molecule has 0 bridgehead atoms. The minimum atomic E-state index is 0.749. The molecule has 5 aromatic carbocycles. The molecule has 4 nitrogen and oxygen atoms in total. The van der Waals surface area contributed by atoms with Gasteiger partial charge in [0.1, 0.15) is 5.69 Å². The second-order valence-corrected chi connectivity index (χ2v) is 9.16. The summed E-state index contributed by atoms with van der Waals surface area (Å²) in [5.41, 5.74) is 5.37. The van der Waals surface area contributed by atoms with Gasteiger partial charge < -0.3 is 0 Å². The molecular weight excluding hydrogens is 440 g/mol. The Morgan fingerprint density at radius 2 is 1.06 bits per heavy atom. The zero-order valence-electron chi connectivity index (χ0n) is 19.2.